The summed E-state index contributed by atoms with van der Waals surface area (Å²) >= 11 is 5.67. The van der Waals surface area contributed by atoms with Crippen molar-refractivity contribution in [3.63, 3.8) is 0 Å². The highest BCUT2D eigenvalue weighted by Crippen LogP contribution is 2.20. The van der Waals surface area contributed by atoms with Gasteiger partial charge in [-0.1, -0.05) is 29.8 Å². The first-order valence-corrected chi connectivity index (χ1v) is 7.96. The summed E-state index contributed by atoms with van der Waals surface area (Å²) in [5.41, 5.74) is 1.04. The van der Waals surface area contributed by atoms with Gasteiger partial charge in [0.1, 0.15) is 11.6 Å². The first-order chi connectivity index (χ1) is 12.5. The third-order valence-corrected chi connectivity index (χ3v) is 3.78. The Kier molecular flexibility index (Phi) is 5.38. The van der Waals surface area contributed by atoms with Crippen LogP contribution in [-0.4, -0.2) is 15.9 Å². The number of amides is 1. The lowest BCUT2D eigenvalue weighted by molar-refractivity contribution is 0.102. The van der Waals surface area contributed by atoms with E-state index in [4.69, 9.17) is 11.6 Å². The number of hydrogen-bond acceptors (Lipinski definition) is 4. The summed E-state index contributed by atoms with van der Waals surface area (Å²) in [5.74, 6) is -1.10. The van der Waals surface area contributed by atoms with Gasteiger partial charge in [0.2, 0.25) is 5.95 Å². The molecule has 0 saturated carbocycles. The van der Waals surface area contributed by atoms with Gasteiger partial charge in [0.25, 0.3) is 5.91 Å². The van der Waals surface area contributed by atoms with Crippen LogP contribution in [0.3, 0.4) is 0 Å². The third-order valence-electron chi connectivity index (χ3n) is 3.49. The topological polar surface area (TPSA) is 66.9 Å². The molecule has 1 amide bonds. The number of halogens is 3. The molecule has 132 valence electrons. The second kappa shape index (κ2) is 7.88. The van der Waals surface area contributed by atoms with E-state index in [2.05, 4.69) is 20.6 Å². The zero-order chi connectivity index (χ0) is 18.5. The second-order valence-corrected chi connectivity index (χ2v) is 5.73. The Hall–Kier alpha value is -3.06. The first-order valence-electron chi connectivity index (χ1n) is 7.58. The molecule has 3 rings (SSSR count). The highest BCUT2D eigenvalue weighted by Gasteiger charge is 2.09. The van der Waals surface area contributed by atoms with Crippen molar-refractivity contribution in [2.24, 2.45) is 0 Å². The zero-order valence-electron chi connectivity index (χ0n) is 13.3. The fraction of sp³-hybridized carbons (Fsp3) is 0.0556. The molecule has 2 aromatic carbocycles. The lowest BCUT2D eigenvalue weighted by Gasteiger charge is -2.08. The number of hydrogen-bond donors (Lipinski definition) is 2. The Morgan fingerprint density at radius 3 is 2.46 bits per heavy atom. The quantitative estimate of drug-likeness (QED) is 0.699. The van der Waals surface area contributed by atoms with Crippen molar-refractivity contribution < 1.29 is 13.6 Å². The van der Waals surface area contributed by atoms with E-state index in [0.29, 0.717) is 11.3 Å². The first kappa shape index (κ1) is 17.8. The van der Waals surface area contributed by atoms with Gasteiger partial charge in [-0.3, -0.25) is 4.79 Å². The molecular weight excluding hydrogens is 362 g/mol. The van der Waals surface area contributed by atoms with Crippen molar-refractivity contribution in [2.75, 3.05) is 10.6 Å². The van der Waals surface area contributed by atoms with E-state index >= 15 is 0 Å². The van der Waals surface area contributed by atoms with Crippen LogP contribution in [0.2, 0.25) is 5.02 Å². The maximum Gasteiger partial charge on any atom is 0.258 e. The van der Waals surface area contributed by atoms with E-state index < -0.39 is 11.7 Å². The van der Waals surface area contributed by atoms with Crippen molar-refractivity contribution in [3.8, 4) is 0 Å². The van der Waals surface area contributed by atoms with Gasteiger partial charge >= 0.3 is 0 Å². The van der Waals surface area contributed by atoms with Gasteiger partial charge in [0.05, 0.1) is 10.6 Å². The normalized spacial score (nSPS) is 10.4. The van der Waals surface area contributed by atoms with E-state index in [1.807, 2.05) is 0 Å². The SMILES string of the molecule is O=C(Nc1ccc(F)c(Cl)c1)c1cnc(NCc2ccccc2F)nc1. The zero-order valence-corrected chi connectivity index (χ0v) is 14.1. The van der Waals surface area contributed by atoms with Crippen LogP contribution < -0.4 is 10.6 Å². The number of carbonyl (C=O) groups excluding carboxylic acids is 1. The van der Waals surface area contributed by atoms with Crippen LogP contribution in [0, 0.1) is 11.6 Å². The molecule has 0 bridgehead atoms. The average molecular weight is 375 g/mol. The molecule has 26 heavy (non-hydrogen) atoms. The Labute approximate surface area is 153 Å². The average Bonchev–Trinajstić information content (AvgIpc) is 2.64. The molecule has 5 nitrogen and oxygen atoms in total. The minimum absolute atomic E-state index is 0.0910. The summed E-state index contributed by atoms with van der Waals surface area (Å²) in [6.07, 6.45) is 2.66. The predicted octanol–water partition coefficient (Wildman–Crippen LogP) is 4.27. The number of anilines is 2. The van der Waals surface area contributed by atoms with E-state index in [1.165, 1.54) is 30.6 Å². The molecule has 0 fully saturated rings. The van der Waals surface area contributed by atoms with Gasteiger partial charge in [-0.15, -0.1) is 0 Å². The molecular formula is C18H13ClF2N4O. The Balaban J connectivity index is 1.62. The molecule has 8 heteroatoms. The number of nitrogens with one attached hydrogen (secondary N) is 2. The highest BCUT2D eigenvalue weighted by molar-refractivity contribution is 6.31. The molecule has 2 N–H and O–H groups in total. The molecule has 0 aliphatic heterocycles. The van der Waals surface area contributed by atoms with E-state index in [9.17, 15) is 13.6 Å². The number of carbonyl (C=O) groups is 1. The minimum Gasteiger partial charge on any atom is -0.350 e. The van der Waals surface area contributed by atoms with Gasteiger partial charge in [-0.25, -0.2) is 18.7 Å². The highest BCUT2D eigenvalue weighted by atomic mass is 35.5. The molecule has 1 heterocycles. The lowest BCUT2D eigenvalue weighted by Crippen LogP contribution is -2.13. The van der Waals surface area contributed by atoms with Gasteiger partial charge in [0, 0.05) is 30.2 Å². The van der Waals surface area contributed by atoms with Crippen LogP contribution in [0.4, 0.5) is 20.4 Å². The van der Waals surface area contributed by atoms with Crippen LogP contribution in [0.1, 0.15) is 15.9 Å². The van der Waals surface area contributed by atoms with E-state index in [0.717, 1.165) is 6.07 Å². The van der Waals surface area contributed by atoms with E-state index in [-0.39, 0.29) is 28.9 Å². The molecule has 0 atom stereocenters. The third kappa shape index (κ3) is 4.31. The van der Waals surface area contributed by atoms with Gasteiger partial charge in [0.15, 0.2) is 0 Å². The summed E-state index contributed by atoms with van der Waals surface area (Å²) < 4.78 is 26.7. The lowest BCUT2D eigenvalue weighted by atomic mass is 10.2. The fourth-order valence-corrected chi connectivity index (χ4v) is 2.31. The van der Waals surface area contributed by atoms with Crippen molar-refractivity contribution in [3.05, 3.63) is 82.6 Å². The smallest absolute Gasteiger partial charge is 0.258 e. The van der Waals surface area contributed by atoms with Crippen molar-refractivity contribution in [1.82, 2.24) is 9.97 Å². The molecule has 0 spiro atoms. The van der Waals surface area contributed by atoms with E-state index in [1.54, 1.807) is 18.2 Å². The Morgan fingerprint density at radius 2 is 1.77 bits per heavy atom. The summed E-state index contributed by atoms with van der Waals surface area (Å²) in [5, 5.41) is 5.36. The van der Waals surface area contributed by atoms with Crippen molar-refractivity contribution in [2.45, 2.75) is 6.54 Å². The second-order valence-electron chi connectivity index (χ2n) is 5.32. The number of nitrogens with zero attached hydrogens (tertiary/aromatic N) is 2. The molecule has 0 saturated heterocycles. The van der Waals surface area contributed by atoms with Crippen molar-refractivity contribution in [1.29, 1.82) is 0 Å². The molecule has 0 radical (unpaired) electrons. The van der Waals surface area contributed by atoms with Gasteiger partial charge < -0.3 is 10.6 Å². The molecule has 0 aliphatic rings. The summed E-state index contributed by atoms with van der Waals surface area (Å²) in [6, 6.07) is 10.2. The Bertz CT molecular complexity index is 935. The van der Waals surface area contributed by atoms with Crippen LogP contribution in [0.25, 0.3) is 0 Å². The van der Waals surface area contributed by atoms with Crippen molar-refractivity contribution >= 4 is 29.1 Å². The van der Waals surface area contributed by atoms with Crippen LogP contribution in [-0.2, 0) is 6.54 Å². The van der Waals surface area contributed by atoms with Crippen LogP contribution in [0.15, 0.2) is 54.9 Å². The summed E-state index contributed by atoms with van der Waals surface area (Å²) in [7, 11) is 0. The fourth-order valence-electron chi connectivity index (χ4n) is 2.13. The number of rotatable bonds is 5. The standard InChI is InChI=1S/C18H13ClF2N4O/c19-14-7-13(5-6-16(14)21)25-17(26)12-9-23-18(24-10-12)22-8-11-3-1-2-4-15(11)20/h1-7,9-10H,8H2,(H,25,26)(H,22,23,24). The minimum atomic E-state index is -0.571. The monoisotopic (exact) mass is 374 g/mol. The molecule has 0 unspecified atom stereocenters. The largest absolute Gasteiger partial charge is 0.350 e. The predicted molar refractivity (Wildman–Crippen MR) is 95.1 cm³/mol. The van der Waals surface area contributed by atoms with Crippen LogP contribution >= 0.6 is 11.6 Å². The maximum absolute atomic E-state index is 13.6. The molecule has 0 aliphatic carbocycles. The summed E-state index contributed by atoms with van der Waals surface area (Å²) in [4.78, 5) is 20.2. The number of benzene rings is 2. The molecule has 1 aromatic heterocycles. The maximum atomic E-state index is 13.6. The Morgan fingerprint density at radius 1 is 1.04 bits per heavy atom. The van der Waals surface area contributed by atoms with Crippen LogP contribution in [0.5, 0.6) is 0 Å². The number of aromatic nitrogens is 2. The van der Waals surface area contributed by atoms with Gasteiger partial charge in [-0.05, 0) is 24.3 Å². The van der Waals surface area contributed by atoms with Gasteiger partial charge in [-0.2, -0.15) is 0 Å². The molecule has 3 aromatic rings. The summed E-state index contributed by atoms with van der Waals surface area (Å²) in [6.45, 7) is 0.215.